The van der Waals surface area contributed by atoms with Crippen LogP contribution in [0.5, 0.6) is 11.6 Å². The Balaban J connectivity index is 1.87. The molecule has 2 aromatic rings. The molecular formula is C15H15NO3. The number of rotatable bonds is 2. The van der Waals surface area contributed by atoms with Crippen LogP contribution < -0.4 is 9.47 Å². The minimum absolute atomic E-state index is 0.177. The average molecular weight is 257 g/mol. The zero-order chi connectivity index (χ0) is 13.2. The van der Waals surface area contributed by atoms with Crippen LogP contribution in [0.25, 0.3) is 0 Å². The summed E-state index contributed by atoms with van der Waals surface area (Å²) in [5, 5.41) is 10.2. The summed E-state index contributed by atoms with van der Waals surface area (Å²) in [6, 6.07) is 11.3. The predicted octanol–water partition coefficient (Wildman–Crippen LogP) is 2.65. The van der Waals surface area contributed by atoms with Crippen molar-refractivity contribution in [2.45, 2.75) is 18.6 Å². The first-order chi connectivity index (χ1) is 9.28. The first kappa shape index (κ1) is 12.0. The summed E-state index contributed by atoms with van der Waals surface area (Å²) in [5.74, 6) is 1.31. The van der Waals surface area contributed by atoms with E-state index in [1.54, 1.807) is 19.4 Å². The molecule has 2 atom stereocenters. The summed E-state index contributed by atoms with van der Waals surface area (Å²) < 4.78 is 11.0. The van der Waals surface area contributed by atoms with Crippen LogP contribution in [-0.4, -0.2) is 17.2 Å². The van der Waals surface area contributed by atoms with Crippen LogP contribution in [0.4, 0.5) is 0 Å². The summed E-state index contributed by atoms with van der Waals surface area (Å²) in [7, 11) is 1.58. The predicted molar refractivity (Wildman–Crippen MR) is 70.2 cm³/mol. The molecule has 19 heavy (non-hydrogen) atoms. The van der Waals surface area contributed by atoms with E-state index in [1.807, 2.05) is 30.3 Å². The molecule has 0 aliphatic carbocycles. The van der Waals surface area contributed by atoms with Gasteiger partial charge in [-0.05, 0) is 12.1 Å². The molecule has 1 aliphatic heterocycles. The van der Waals surface area contributed by atoms with Gasteiger partial charge in [0.15, 0.2) is 0 Å². The van der Waals surface area contributed by atoms with Crippen molar-refractivity contribution in [3.05, 3.63) is 53.7 Å². The van der Waals surface area contributed by atoms with E-state index in [0.717, 1.165) is 16.9 Å². The molecule has 98 valence electrons. The van der Waals surface area contributed by atoms with Crippen LogP contribution in [-0.2, 0) is 0 Å². The third-order valence-electron chi connectivity index (χ3n) is 3.32. The second kappa shape index (κ2) is 4.90. The van der Waals surface area contributed by atoms with Gasteiger partial charge < -0.3 is 14.6 Å². The van der Waals surface area contributed by atoms with Gasteiger partial charge in [0.1, 0.15) is 11.9 Å². The second-order valence-electron chi connectivity index (χ2n) is 4.53. The van der Waals surface area contributed by atoms with Crippen molar-refractivity contribution in [2.75, 3.05) is 7.11 Å². The number of hydrogen-bond acceptors (Lipinski definition) is 4. The molecule has 1 aromatic carbocycles. The Bertz CT molecular complexity index is 568. The standard InChI is InChI=1S/C15H15NO3/c1-18-15-7-6-10(9-16-15)14-8-12(17)11-4-2-3-5-13(11)19-14/h2-7,9,12,14,17H,8H2,1H3/t12-,14?/m0/s1. The molecule has 1 unspecified atom stereocenters. The Morgan fingerprint density at radius 1 is 1.26 bits per heavy atom. The van der Waals surface area contributed by atoms with Gasteiger partial charge in [0.2, 0.25) is 5.88 Å². The molecule has 0 amide bonds. The lowest BCUT2D eigenvalue weighted by Crippen LogP contribution is -2.19. The van der Waals surface area contributed by atoms with Gasteiger partial charge in [-0.1, -0.05) is 18.2 Å². The average Bonchev–Trinajstić information content (AvgIpc) is 2.47. The van der Waals surface area contributed by atoms with Crippen molar-refractivity contribution in [2.24, 2.45) is 0 Å². The maximum absolute atomic E-state index is 10.2. The zero-order valence-electron chi connectivity index (χ0n) is 10.6. The summed E-state index contributed by atoms with van der Waals surface area (Å²) in [5.41, 5.74) is 1.79. The number of aliphatic hydroxyl groups excluding tert-OH is 1. The molecule has 4 nitrogen and oxygen atoms in total. The Morgan fingerprint density at radius 2 is 2.11 bits per heavy atom. The Labute approximate surface area is 111 Å². The van der Waals surface area contributed by atoms with Gasteiger partial charge in [-0.3, -0.25) is 0 Å². The molecule has 3 rings (SSSR count). The van der Waals surface area contributed by atoms with Crippen LogP contribution in [0.1, 0.15) is 29.8 Å². The van der Waals surface area contributed by atoms with Gasteiger partial charge in [0.05, 0.1) is 13.2 Å². The van der Waals surface area contributed by atoms with Gasteiger partial charge in [-0.25, -0.2) is 4.98 Å². The molecule has 1 aliphatic rings. The van der Waals surface area contributed by atoms with Gasteiger partial charge in [-0.2, -0.15) is 0 Å². The normalized spacial score (nSPS) is 21.4. The highest BCUT2D eigenvalue weighted by molar-refractivity contribution is 5.38. The highest BCUT2D eigenvalue weighted by Crippen LogP contribution is 2.40. The minimum Gasteiger partial charge on any atom is -0.485 e. The van der Waals surface area contributed by atoms with E-state index in [0.29, 0.717) is 12.3 Å². The highest BCUT2D eigenvalue weighted by Gasteiger charge is 2.27. The van der Waals surface area contributed by atoms with Crippen LogP contribution in [0, 0.1) is 0 Å². The fourth-order valence-electron chi connectivity index (χ4n) is 2.30. The SMILES string of the molecule is COc1ccc(C2C[C@H](O)c3ccccc3O2)cn1. The van der Waals surface area contributed by atoms with Crippen LogP contribution in [0.2, 0.25) is 0 Å². The Hall–Kier alpha value is -2.07. The minimum atomic E-state index is -0.503. The van der Waals surface area contributed by atoms with Crippen LogP contribution >= 0.6 is 0 Å². The molecule has 4 heteroatoms. The van der Waals surface area contributed by atoms with Gasteiger partial charge in [-0.15, -0.1) is 0 Å². The third-order valence-corrected chi connectivity index (χ3v) is 3.32. The number of aromatic nitrogens is 1. The highest BCUT2D eigenvalue weighted by atomic mass is 16.5. The quantitative estimate of drug-likeness (QED) is 0.898. The molecule has 1 aromatic heterocycles. The maximum Gasteiger partial charge on any atom is 0.212 e. The van der Waals surface area contributed by atoms with E-state index in [1.165, 1.54) is 0 Å². The lowest BCUT2D eigenvalue weighted by molar-refractivity contribution is 0.0655. The number of benzene rings is 1. The molecule has 1 N–H and O–H groups in total. The summed E-state index contributed by atoms with van der Waals surface area (Å²) in [4.78, 5) is 4.17. The topological polar surface area (TPSA) is 51.6 Å². The molecule has 0 saturated heterocycles. The van der Waals surface area contributed by atoms with Crippen LogP contribution in [0.3, 0.4) is 0 Å². The molecule has 2 heterocycles. The summed E-state index contributed by atoms with van der Waals surface area (Å²) in [6.45, 7) is 0. The number of nitrogens with zero attached hydrogens (tertiary/aromatic N) is 1. The third kappa shape index (κ3) is 2.27. The second-order valence-corrected chi connectivity index (χ2v) is 4.53. The van der Waals surface area contributed by atoms with Crippen molar-refractivity contribution in [3.8, 4) is 11.6 Å². The van der Waals surface area contributed by atoms with Crippen molar-refractivity contribution >= 4 is 0 Å². The molecule has 0 saturated carbocycles. The number of hydrogen-bond donors (Lipinski definition) is 1. The Kier molecular flexibility index (Phi) is 3.09. The van der Waals surface area contributed by atoms with E-state index in [2.05, 4.69) is 4.98 Å². The van der Waals surface area contributed by atoms with Crippen molar-refractivity contribution in [1.29, 1.82) is 0 Å². The van der Waals surface area contributed by atoms with Gasteiger partial charge in [0, 0.05) is 29.8 Å². The first-order valence-electron chi connectivity index (χ1n) is 6.21. The number of pyridine rings is 1. The number of fused-ring (bicyclic) bond motifs is 1. The van der Waals surface area contributed by atoms with E-state index >= 15 is 0 Å². The van der Waals surface area contributed by atoms with Gasteiger partial charge in [0.25, 0.3) is 0 Å². The van der Waals surface area contributed by atoms with Crippen LogP contribution in [0.15, 0.2) is 42.6 Å². The lowest BCUT2D eigenvalue weighted by atomic mass is 9.96. The smallest absolute Gasteiger partial charge is 0.212 e. The van der Waals surface area contributed by atoms with E-state index in [9.17, 15) is 5.11 Å². The lowest BCUT2D eigenvalue weighted by Gasteiger charge is -2.29. The van der Waals surface area contributed by atoms with E-state index in [-0.39, 0.29) is 6.10 Å². The maximum atomic E-state index is 10.2. The largest absolute Gasteiger partial charge is 0.485 e. The van der Waals surface area contributed by atoms with E-state index in [4.69, 9.17) is 9.47 Å². The molecule has 0 spiro atoms. The van der Waals surface area contributed by atoms with E-state index < -0.39 is 6.10 Å². The summed E-state index contributed by atoms with van der Waals surface area (Å²) in [6.07, 6.45) is 1.58. The number of para-hydroxylation sites is 1. The number of ether oxygens (including phenoxy) is 2. The number of methoxy groups -OCH3 is 1. The fraction of sp³-hybridized carbons (Fsp3) is 0.267. The zero-order valence-corrected chi connectivity index (χ0v) is 10.6. The molecule has 0 bridgehead atoms. The van der Waals surface area contributed by atoms with Gasteiger partial charge >= 0.3 is 0 Å². The van der Waals surface area contributed by atoms with Crippen molar-refractivity contribution < 1.29 is 14.6 Å². The fourth-order valence-corrected chi connectivity index (χ4v) is 2.30. The summed E-state index contributed by atoms with van der Waals surface area (Å²) >= 11 is 0. The van der Waals surface area contributed by atoms with Crippen molar-refractivity contribution in [3.63, 3.8) is 0 Å². The molecule has 0 fully saturated rings. The Morgan fingerprint density at radius 3 is 2.84 bits per heavy atom. The first-order valence-corrected chi connectivity index (χ1v) is 6.21. The van der Waals surface area contributed by atoms with Crippen molar-refractivity contribution in [1.82, 2.24) is 4.98 Å². The number of aliphatic hydroxyl groups is 1. The monoisotopic (exact) mass is 257 g/mol. The molecular weight excluding hydrogens is 242 g/mol. The molecule has 0 radical (unpaired) electrons.